The minimum atomic E-state index is -1.03. The molecule has 0 atom stereocenters. The van der Waals surface area contributed by atoms with Crippen LogP contribution in [-0.4, -0.2) is 48.2 Å². The summed E-state index contributed by atoms with van der Waals surface area (Å²) in [5.41, 5.74) is 0.148. The van der Waals surface area contributed by atoms with Crippen LogP contribution in [0.5, 0.6) is 0 Å². The lowest BCUT2D eigenvalue weighted by molar-refractivity contribution is 0.251. The van der Waals surface area contributed by atoms with E-state index in [0.717, 1.165) is 38.1 Å². The van der Waals surface area contributed by atoms with Crippen LogP contribution in [0.2, 0.25) is 0 Å². The number of halogens is 2. The quantitative estimate of drug-likeness (QED) is 0.815. The maximum Gasteiger partial charge on any atom is 0.319 e. The van der Waals surface area contributed by atoms with E-state index < -0.39 is 17.7 Å². The monoisotopic (exact) mass is 391 g/mol. The van der Waals surface area contributed by atoms with Crippen LogP contribution in [-0.2, 0) is 6.54 Å². The number of nitrogens with zero attached hydrogens (tertiary/aromatic N) is 5. The summed E-state index contributed by atoms with van der Waals surface area (Å²) in [7, 11) is 3.67. The van der Waals surface area contributed by atoms with Crippen molar-refractivity contribution in [3.63, 3.8) is 0 Å². The molecule has 28 heavy (non-hydrogen) atoms. The summed E-state index contributed by atoms with van der Waals surface area (Å²) in [4.78, 5) is 29.3. The smallest absolute Gasteiger partial charge is 0.319 e. The van der Waals surface area contributed by atoms with Crippen LogP contribution in [0.25, 0.3) is 0 Å². The van der Waals surface area contributed by atoms with E-state index in [0.29, 0.717) is 17.7 Å². The number of aromatic nitrogens is 3. The van der Waals surface area contributed by atoms with Crippen LogP contribution < -0.4 is 20.4 Å². The Kier molecular flexibility index (Phi) is 6.17. The molecule has 0 bridgehead atoms. The van der Waals surface area contributed by atoms with E-state index in [1.807, 2.05) is 14.1 Å². The molecule has 0 unspecified atom stereocenters. The van der Waals surface area contributed by atoms with Gasteiger partial charge in [0.05, 0.1) is 6.54 Å². The molecule has 1 aliphatic rings. The maximum absolute atomic E-state index is 13.2. The van der Waals surface area contributed by atoms with Crippen LogP contribution >= 0.6 is 0 Å². The minimum absolute atomic E-state index is 0.0692. The highest BCUT2D eigenvalue weighted by molar-refractivity contribution is 5.89. The van der Waals surface area contributed by atoms with Gasteiger partial charge in [-0.3, -0.25) is 0 Å². The summed E-state index contributed by atoms with van der Waals surface area (Å²) in [6.07, 6.45) is 3.38. The maximum atomic E-state index is 13.2. The van der Waals surface area contributed by atoms with Gasteiger partial charge in [-0.05, 0) is 31.4 Å². The van der Waals surface area contributed by atoms with E-state index in [1.165, 1.54) is 12.5 Å². The summed E-state index contributed by atoms with van der Waals surface area (Å²) in [6.45, 7) is 1.85. The second-order valence-corrected chi connectivity index (χ2v) is 6.73. The van der Waals surface area contributed by atoms with Crippen molar-refractivity contribution >= 4 is 23.6 Å². The third-order valence-electron chi connectivity index (χ3n) is 4.28. The number of benzene rings is 1. The normalized spacial score (nSPS) is 13.9. The molecule has 10 heteroatoms. The van der Waals surface area contributed by atoms with Gasteiger partial charge in [-0.2, -0.15) is 15.0 Å². The Labute approximate surface area is 162 Å². The first-order valence-corrected chi connectivity index (χ1v) is 9.09. The van der Waals surface area contributed by atoms with E-state index in [-0.39, 0.29) is 12.2 Å². The number of hydrogen-bond acceptors (Lipinski definition) is 6. The average Bonchev–Trinajstić information content (AvgIpc) is 2.69. The highest BCUT2D eigenvalue weighted by Crippen LogP contribution is 2.18. The number of rotatable bonds is 5. The van der Waals surface area contributed by atoms with Crippen molar-refractivity contribution in [3.8, 4) is 0 Å². The molecule has 1 aliphatic heterocycles. The van der Waals surface area contributed by atoms with Gasteiger partial charge < -0.3 is 20.4 Å². The first-order chi connectivity index (χ1) is 13.4. The summed E-state index contributed by atoms with van der Waals surface area (Å²) in [5, 5.41) is 5.07. The number of amides is 2. The SMILES string of the molecule is CN(C)c1nc(CNC(=O)Nc2ccc(F)c(F)c2)nc(N2CCCCC2)n1. The van der Waals surface area contributed by atoms with Gasteiger partial charge in [-0.15, -0.1) is 0 Å². The molecule has 2 aromatic rings. The fourth-order valence-electron chi connectivity index (χ4n) is 2.82. The van der Waals surface area contributed by atoms with E-state index in [1.54, 1.807) is 4.90 Å². The number of carbonyl (C=O) groups excluding carboxylic acids is 1. The van der Waals surface area contributed by atoms with Crippen molar-refractivity contribution in [1.82, 2.24) is 20.3 Å². The van der Waals surface area contributed by atoms with Crippen molar-refractivity contribution in [2.75, 3.05) is 42.3 Å². The van der Waals surface area contributed by atoms with Gasteiger partial charge in [0.2, 0.25) is 11.9 Å². The molecule has 150 valence electrons. The molecular formula is C18H23F2N7O. The number of urea groups is 1. The molecule has 3 rings (SSSR count). The van der Waals surface area contributed by atoms with Crippen LogP contribution in [0.3, 0.4) is 0 Å². The Morgan fingerprint density at radius 1 is 1.11 bits per heavy atom. The lowest BCUT2D eigenvalue weighted by Gasteiger charge is -2.27. The number of carbonyl (C=O) groups is 1. The number of anilines is 3. The molecule has 0 aliphatic carbocycles. The molecular weight excluding hydrogens is 368 g/mol. The van der Waals surface area contributed by atoms with Gasteiger partial charge >= 0.3 is 6.03 Å². The second-order valence-electron chi connectivity index (χ2n) is 6.73. The molecule has 1 fully saturated rings. The van der Waals surface area contributed by atoms with Crippen LogP contribution in [0.4, 0.5) is 31.2 Å². The first-order valence-electron chi connectivity index (χ1n) is 9.09. The topological polar surface area (TPSA) is 86.3 Å². The Balaban J connectivity index is 1.67. The van der Waals surface area contributed by atoms with Gasteiger partial charge in [0.25, 0.3) is 0 Å². The van der Waals surface area contributed by atoms with Gasteiger partial charge in [0.1, 0.15) is 0 Å². The molecule has 1 aromatic carbocycles. The lowest BCUT2D eigenvalue weighted by Crippen LogP contribution is -2.33. The summed E-state index contributed by atoms with van der Waals surface area (Å²) >= 11 is 0. The molecule has 0 saturated carbocycles. The third-order valence-corrected chi connectivity index (χ3v) is 4.28. The standard InChI is InChI=1S/C18H23F2N7O/c1-26(2)16-23-15(24-17(25-16)27-8-4-3-5-9-27)11-21-18(28)22-12-6-7-13(19)14(20)10-12/h6-7,10H,3-5,8-9,11H2,1-2H3,(H2,21,22,28). The molecule has 2 N–H and O–H groups in total. The molecule has 0 spiro atoms. The second kappa shape index (κ2) is 8.77. The number of hydrogen-bond donors (Lipinski definition) is 2. The Bertz CT molecular complexity index is 841. The van der Waals surface area contributed by atoms with Crippen LogP contribution in [0.1, 0.15) is 25.1 Å². The molecule has 0 radical (unpaired) electrons. The molecule has 2 heterocycles. The van der Waals surface area contributed by atoms with E-state index in [4.69, 9.17) is 0 Å². The van der Waals surface area contributed by atoms with E-state index in [2.05, 4.69) is 30.5 Å². The van der Waals surface area contributed by atoms with Gasteiger partial charge in [0, 0.05) is 38.9 Å². The third kappa shape index (κ3) is 5.02. The predicted molar refractivity (Wildman–Crippen MR) is 102 cm³/mol. The fraction of sp³-hybridized carbons (Fsp3) is 0.444. The van der Waals surface area contributed by atoms with Crippen molar-refractivity contribution in [2.24, 2.45) is 0 Å². The van der Waals surface area contributed by atoms with Gasteiger partial charge in [0.15, 0.2) is 17.5 Å². The van der Waals surface area contributed by atoms with Gasteiger partial charge in [-0.25, -0.2) is 13.6 Å². The minimum Gasteiger partial charge on any atom is -0.347 e. The number of piperidine rings is 1. The van der Waals surface area contributed by atoms with Crippen molar-refractivity contribution in [2.45, 2.75) is 25.8 Å². The first kappa shape index (κ1) is 19.7. The zero-order valence-corrected chi connectivity index (χ0v) is 15.9. The highest BCUT2D eigenvalue weighted by atomic mass is 19.2. The largest absolute Gasteiger partial charge is 0.347 e. The molecule has 1 aromatic heterocycles. The zero-order valence-electron chi connectivity index (χ0n) is 15.9. The fourth-order valence-corrected chi connectivity index (χ4v) is 2.82. The van der Waals surface area contributed by atoms with Gasteiger partial charge in [-0.1, -0.05) is 0 Å². The van der Waals surface area contributed by atoms with E-state index in [9.17, 15) is 13.6 Å². The Morgan fingerprint density at radius 3 is 2.54 bits per heavy atom. The zero-order chi connectivity index (χ0) is 20.1. The van der Waals surface area contributed by atoms with E-state index >= 15 is 0 Å². The summed E-state index contributed by atoms with van der Waals surface area (Å²) in [5.74, 6) is -0.487. The predicted octanol–water partition coefficient (Wildman–Crippen LogP) is 2.53. The van der Waals surface area contributed by atoms with Crippen LogP contribution in [0, 0.1) is 11.6 Å². The van der Waals surface area contributed by atoms with Crippen molar-refractivity contribution < 1.29 is 13.6 Å². The molecule has 8 nitrogen and oxygen atoms in total. The van der Waals surface area contributed by atoms with Crippen LogP contribution in [0.15, 0.2) is 18.2 Å². The Morgan fingerprint density at radius 2 is 1.86 bits per heavy atom. The number of nitrogens with one attached hydrogen (secondary N) is 2. The average molecular weight is 391 g/mol. The van der Waals surface area contributed by atoms with Crippen molar-refractivity contribution in [1.29, 1.82) is 0 Å². The molecule has 2 amide bonds. The summed E-state index contributed by atoms with van der Waals surface area (Å²) in [6, 6.07) is 2.57. The molecule has 1 saturated heterocycles. The van der Waals surface area contributed by atoms with Crippen molar-refractivity contribution in [3.05, 3.63) is 35.7 Å². The Hall–Kier alpha value is -3.04. The highest BCUT2D eigenvalue weighted by Gasteiger charge is 2.17. The summed E-state index contributed by atoms with van der Waals surface area (Å²) < 4.78 is 26.2. The lowest BCUT2D eigenvalue weighted by atomic mass is 10.1.